The van der Waals surface area contributed by atoms with E-state index in [1.807, 2.05) is 7.05 Å². The summed E-state index contributed by atoms with van der Waals surface area (Å²) in [7, 11) is 1.92. The van der Waals surface area contributed by atoms with Gasteiger partial charge in [0.25, 0.3) is 0 Å². The first-order valence-electron chi connectivity index (χ1n) is 7.53. The molecule has 4 heteroatoms. The summed E-state index contributed by atoms with van der Waals surface area (Å²) >= 11 is 0. The second-order valence-corrected chi connectivity index (χ2v) is 6.00. The SMILES string of the molecule is C[C@H](NC1CCC(=C2CCC2)CC1)c1ncn(C)n1. The highest BCUT2D eigenvalue weighted by Gasteiger charge is 2.23. The molecule has 1 heterocycles. The Morgan fingerprint density at radius 2 is 1.89 bits per heavy atom. The maximum Gasteiger partial charge on any atom is 0.167 e. The van der Waals surface area contributed by atoms with Gasteiger partial charge in [-0.25, -0.2) is 4.98 Å². The summed E-state index contributed by atoms with van der Waals surface area (Å²) in [5, 5.41) is 8.06. The number of aromatic nitrogens is 3. The summed E-state index contributed by atoms with van der Waals surface area (Å²) in [6.45, 7) is 2.16. The third-order valence-electron chi connectivity index (χ3n) is 4.54. The molecule has 1 aromatic heterocycles. The van der Waals surface area contributed by atoms with Crippen molar-refractivity contribution in [2.75, 3.05) is 0 Å². The van der Waals surface area contributed by atoms with Gasteiger partial charge in [-0.2, -0.15) is 5.10 Å². The van der Waals surface area contributed by atoms with Gasteiger partial charge >= 0.3 is 0 Å². The van der Waals surface area contributed by atoms with Crippen LogP contribution in [0.25, 0.3) is 0 Å². The molecular formula is C15H24N4. The van der Waals surface area contributed by atoms with E-state index >= 15 is 0 Å². The Labute approximate surface area is 115 Å². The zero-order chi connectivity index (χ0) is 13.2. The number of hydrogen-bond acceptors (Lipinski definition) is 3. The minimum atomic E-state index is 0.254. The second kappa shape index (κ2) is 5.45. The molecule has 2 aliphatic carbocycles. The lowest BCUT2D eigenvalue weighted by Gasteiger charge is -2.31. The van der Waals surface area contributed by atoms with Crippen LogP contribution in [0.2, 0.25) is 0 Å². The number of nitrogens with zero attached hydrogens (tertiary/aromatic N) is 3. The number of nitrogens with one attached hydrogen (secondary N) is 1. The highest BCUT2D eigenvalue weighted by atomic mass is 15.3. The van der Waals surface area contributed by atoms with Crippen LogP contribution in [0.3, 0.4) is 0 Å². The average molecular weight is 260 g/mol. The Morgan fingerprint density at radius 3 is 2.42 bits per heavy atom. The third-order valence-corrected chi connectivity index (χ3v) is 4.54. The fraction of sp³-hybridized carbons (Fsp3) is 0.733. The van der Waals surface area contributed by atoms with Crippen LogP contribution < -0.4 is 5.32 Å². The van der Waals surface area contributed by atoms with Crippen LogP contribution in [0, 0.1) is 0 Å². The molecule has 0 saturated heterocycles. The summed E-state index contributed by atoms with van der Waals surface area (Å²) in [6.07, 6.45) is 11.1. The largest absolute Gasteiger partial charge is 0.305 e. The molecule has 0 amide bonds. The van der Waals surface area contributed by atoms with Gasteiger partial charge in [-0.15, -0.1) is 0 Å². The van der Waals surface area contributed by atoms with Crippen molar-refractivity contribution in [1.29, 1.82) is 0 Å². The molecule has 4 nitrogen and oxygen atoms in total. The topological polar surface area (TPSA) is 42.7 Å². The van der Waals surface area contributed by atoms with Gasteiger partial charge in [0.2, 0.25) is 0 Å². The minimum absolute atomic E-state index is 0.254. The molecule has 0 aliphatic heterocycles. The summed E-state index contributed by atoms with van der Waals surface area (Å²) in [5.41, 5.74) is 3.55. The average Bonchev–Trinajstić information content (AvgIpc) is 2.76. The van der Waals surface area contributed by atoms with Gasteiger partial charge in [0.05, 0.1) is 6.04 Å². The molecule has 1 N–H and O–H groups in total. The zero-order valence-corrected chi connectivity index (χ0v) is 12.0. The molecule has 19 heavy (non-hydrogen) atoms. The van der Waals surface area contributed by atoms with Gasteiger partial charge in [0.15, 0.2) is 5.82 Å². The Hall–Kier alpha value is -1.16. The number of rotatable bonds is 3. The first-order valence-corrected chi connectivity index (χ1v) is 7.53. The highest BCUT2D eigenvalue weighted by Crippen LogP contribution is 2.36. The van der Waals surface area contributed by atoms with Crippen molar-refractivity contribution in [1.82, 2.24) is 20.1 Å². The molecule has 3 rings (SSSR count). The van der Waals surface area contributed by atoms with E-state index in [1.165, 1.54) is 44.9 Å². The monoisotopic (exact) mass is 260 g/mol. The fourth-order valence-corrected chi connectivity index (χ4v) is 3.18. The lowest BCUT2D eigenvalue weighted by Crippen LogP contribution is -2.34. The maximum absolute atomic E-state index is 4.38. The van der Waals surface area contributed by atoms with E-state index in [1.54, 1.807) is 22.2 Å². The lowest BCUT2D eigenvalue weighted by molar-refractivity contribution is 0.370. The van der Waals surface area contributed by atoms with E-state index in [2.05, 4.69) is 22.3 Å². The van der Waals surface area contributed by atoms with E-state index in [9.17, 15) is 0 Å². The number of hydrogen-bond donors (Lipinski definition) is 1. The van der Waals surface area contributed by atoms with Crippen LogP contribution in [0.4, 0.5) is 0 Å². The molecule has 104 valence electrons. The van der Waals surface area contributed by atoms with Crippen LogP contribution in [-0.4, -0.2) is 20.8 Å². The predicted molar refractivity (Wildman–Crippen MR) is 75.7 cm³/mol. The molecule has 2 saturated carbocycles. The molecule has 0 spiro atoms. The highest BCUT2D eigenvalue weighted by molar-refractivity contribution is 5.21. The van der Waals surface area contributed by atoms with Crippen molar-refractivity contribution in [2.24, 2.45) is 7.05 Å². The Morgan fingerprint density at radius 1 is 1.21 bits per heavy atom. The van der Waals surface area contributed by atoms with Gasteiger partial charge in [0.1, 0.15) is 6.33 Å². The van der Waals surface area contributed by atoms with Gasteiger partial charge in [-0.1, -0.05) is 11.1 Å². The quantitative estimate of drug-likeness (QED) is 0.850. The summed E-state index contributed by atoms with van der Waals surface area (Å²) in [4.78, 5) is 4.33. The lowest BCUT2D eigenvalue weighted by atomic mass is 9.80. The molecule has 2 fully saturated rings. The maximum atomic E-state index is 4.38. The molecule has 1 aromatic rings. The van der Waals surface area contributed by atoms with Gasteiger partial charge in [-0.3, -0.25) is 4.68 Å². The van der Waals surface area contributed by atoms with Crippen molar-refractivity contribution in [2.45, 2.75) is 64.0 Å². The first-order chi connectivity index (χ1) is 9.22. The minimum Gasteiger partial charge on any atom is -0.305 e. The van der Waals surface area contributed by atoms with Gasteiger partial charge in [-0.05, 0) is 51.9 Å². The summed E-state index contributed by atoms with van der Waals surface area (Å²) < 4.78 is 1.77. The normalized spacial score (nSPS) is 25.3. The van der Waals surface area contributed by atoms with Gasteiger partial charge in [0, 0.05) is 13.1 Å². The van der Waals surface area contributed by atoms with E-state index in [0.29, 0.717) is 6.04 Å². The number of allylic oxidation sites excluding steroid dienone is 2. The van der Waals surface area contributed by atoms with Crippen LogP contribution in [-0.2, 0) is 7.05 Å². The molecule has 0 aromatic carbocycles. The van der Waals surface area contributed by atoms with Crippen LogP contribution in [0.15, 0.2) is 17.5 Å². The van der Waals surface area contributed by atoms with E-state index < -0.39 is 0 Å². The van der Waals surface area contributed by atoms with E-state index in [4.69, 9.17) is 0 Å². The predicted octanol–water partition coefficient (Wildman–Crippen LogP) is 2.89. The summed E-state index contributed by atoms with van der Waals surface area (Å²) in [6, 6.07) is 0.882. The van der Waals surface area contributed by atoms with E-state index in [-0.39, 0.29) is 6.04 Å². The fourth-order valence-electron chi connectivity index (χ4n) is 3.18. The molecule has 1 atom stereocenters. The molecule has 0 radical (unpaired) electrons. The van der Waals surface area contributed by atoms with Crippen molar-refractivity contribution < 1.29 is 0 Å². The Balaban J connectivity index is 1.52. The Kier molecular flexibility index (Phi) is 3.69. The molecule has 2 aliphatic rings. The second-order valence-electron chi connectivity index (χ2n) is 6.00. The van der Waals surface area contributed by atoms with Crippen LogP contribution in [0.5, 0.6) is 0 Å². The van der Waals surface area contributed by atoms with Crippen LogP contribution >= 0.6 is 0 Å². The standard InChI is InChI=1S/C15H24N4/c1-11(15-16-10-19(2)18-15)17-14-8-6-13(7-9-14)12-4-3-5-12/h10-11,14,17H,3-9H2,1-2H3/t11-/m0/s1. The Bertz CT molecular complexity index is 458. The zero-order valence-electron chi connectivity index (χ0n) is 12.0. The third kappa shape index (κ3) is 2.89. The van der Waals surface area contributed by atoms with Crippen molar-refractivity contribution >= 4 is 0 Å². The van der Waals surface area contributed by atoms with Crippen molar-refractivity contribution in [3.63, 3.8) is 0 Å². The molecule has 0 bridgehead atoms. The van der Waals surface area contributed by atoms with Crippen LogP contribution in [0.1, 0.15) is 63.7 Å². The van der Waals surface area contributed by atoms with Crippen molar-refractivity contribution in [3.05, 3.63) is 23.3 Å². The number of aryl methyl sites for hydroxylation is 1. The smallest absolute Gasteiger partial charge is 0.167 e. The first kappa shape index (κ1) is 12.9. The molecular weight excluding hydrogens is 236 g/mol. The van der Waals surface area contributed by atoms with Crippen molar-refractivity contribution in [3.8, 4) is 0 Å². The molecule has 0 unspecified atom stereocenters. The van der Waals surface area contributed by atoms with Gasteiger partial charge < -0.3 is 5.32 Å². The summed E-state index contributed by atoms with van der Waals surface area (Å²) in [5.74, 6) is 0.908. The van der Waals surface area contributed by atoms with E-state index in [0.717, 1.165) is 5.82 Å².